The van der Waals surface area contributed by atoms with E-state index in [9.17, 15) is 0 Å². The molecule has 21 heavy (non-hydrogen) atoms. The molecule has 2 aromatic rings. The van der Waals surface area contributed by atoms with Gasteiger partial charge in [0.1, 0.15) is 0 Å². The molecule has 0 aliphatic carbocycles. The van der Waals surface area contributed by atoms with Crippen molar-refractivity contribution in [1.29, 1.82) is 0 Å². The summed E-state index contributed by atoms with van der Waals surface area (Å²) in [5, 5.41) is 0. The van der Waals surface area contributed by atoms with E-state index in [0.29, 0.717) is 11.8 Å². The maximum atomic E-state index is 6.43. The Bertz CT molecular complexity index is 588. The Morgan fingerprint density at radius 2 is 1.57 bits per heavy atom. The summed E-state index contributed by atoms with van der Waals surface area (Å²) in [6.07, 6.45) is 1.96. The van der Waals surface area contributed by atoms with Crippen LogP contribution in [0.15, 0.2) is 42.5 Å². The highest BCUT2D eigenvalue weighted by Gasteiger charge is 2.16. The van der Waals surface area contributed by atoms with Gasteiger partial charge in [0.25, 0.3) is 0 Å². The first-order valence-corrected chi connectivity index (χ1v) is 7.69. The van der Waals surface area contributed by atoms with Gasteiger partial charge in [-0.2, -0.15) is 0 Å². The van der Waals surface area contributed by atoms with E-state index in [2.05, 4.69) is 51.1 Å². The highest BCUT2D eigenvalue weighted by atomic mass is 14.6. The van der Waals surface area contributed by atoms with Crippen LogP contribution in [0.2, 0.25) is 0 Å². The molecule has 4 N–H and O–H groups in total. The molecule has 0 bridgehead atoms. The molecule has 2 heteroatoms. The summed E-state index contributed by atoms with van der Waals surface area (Å²) < 4.78 is 0. The Morgan fingerprint density at radius 1 is 0.905 bits per heavy atom. The lowest BCUT2D eigenvalue weighted by Gasteiger charge is -2.21. The lowest BCUT2D eigenvalue weighted by Crippen LogP contribution is -2.09. The first-order chi connectivity index (χ1) is 9.99. The van der Waals surface area contributed by atoms with Crippen molar-refractivity contribution >= 4 is 11.4 Å². The Balaban J connectivity index is 2.32. The molecule has 0 radical (unpaired) electrons. The van der Waals surface area contributed by atoms with Crippen molar-refractivity contribution in [1.82, 2.24) is 0 Å². The first kappa shape index (κ1) is 15.4. The zero-order chi connectivity index (χ0) is 15.4. The fourth-order valence-electron chi connectivity index (χ4n) is 3.04. The third kappa shape index (κ3) is 3.78. The summed E-state index contributed by atoms with van der Waals surface area (Å²) in [6, 6.07) is 14.5. The van der Waals surface area contributed by atoms with Gasteiger partial charge in [0.05, 0.1) is 0 Å². The molecule has 0 saturated carbocycles. The Morgan fingerprint density at radius 3 is 2.19 bits per heavy atom. The summed E-state index contributed by atoms with van der Waals surface area (Å²) in [7, 11) is 0. The summed E-state index contributed by atoms with van der Waals surface area (Å²) in [5.74, 6) is 1.03. The van der Waals surface area contributed by atoms with Crippen LogP contribution in [0.25, 0.3) is 0 Å². The maximum Gasteiger partial charge on any atom is 0.0406 e. The van der Waals surface area contributed by atoms with E-state index in [1.54, 1.807) is 0 Å². The van der Waals surface area contributed by atoms with Crippen molar-refractivity contribution in [2.24, 2.45) is 5.92 Å². The van der Waals surface area contributed by atoms with Gasteiger partial charge < -0.3 is 11.5 Å². The van der Waals surface area contributed by atoms with Crippen LogP contribution in [0.4, 0.5) is 11.4 Å². The minimum absolute atomic E-state index is 0.390. The molecule has 2 nitrogen and oxygen atoms in total. The quantitative estimate of drug-likeness (QED) is 0.788. The van der Waals surface area contributed by atoms with Crippen molar-refractivity contribution < 1.29 is 0 Å². The van der Waals surface area contributed by atoms with Gasteiger partial charge >= 0.3 is 0 Å². The second-order valence-electron chi connectivity index (χ2n) is 6.33. The minimum atomic E-state index is 0.390. The van der Waals surface area contributed by atoms with Gasteiger partial charge in [0, 0.05) is 16.9 Å². The third-order valence-corrected chi connectivity index (χ3v) is 3.97. The normalized spacial score (nSPS) is 12.6. The average molecular weight is 282 g/mol. The molecule has 1 unspecified atom stereocenters. The summed E-state index contributed by atoms with van der Waals surface area (Å²) in [5.41, 5.74) is 17.9. The molecule has 112 valence electrons. The molecule has 0 aliphatic rings. The van der Waals surface area contributed by atoms with E-state index in [0.717, 1.165) is 29.8 Å². The van der Waals surface area contributed by atoms with Gasteiger partial charge in [0.2, 0.25) is 0 Å². The minimum Gasteiger partial charge on any atom is -0.398 e. The lowest BCUT2D eigenvalue weighted by atomic mass is 9.87. The van der Waals surface area contributed by atoms with Gasteiger partial charge in [-0.1, -0.05) is 57.2 Å². The maximum absolute atomic E-state index is 6.43. The van der Waals surface area contributed by atoms with Gasteiger partial charge in [-0.05, 0) is 41.9 Å². The molecule has 0 fully saturated rings. The number of hydrogen-bond acceptors (Lipinski definition) is 2. The molecule has 0 aromatic heterocycles. The molecule has 0 saturated heterocycles. The van der Waals surface area contributed by atoms with Crippen LogP contribution in [0, 0.1) is 5.92 Å². The van der Waals surface area contributed by atoms with Crippen molar-refractivity contribution in [3.8, 4) is 0 Å². The van der Waals surface area contributed by atoms with Crippen LogP contribution in [0.3, 0.4) is 0 Å². The van der Waals surface area contributed by atoms with Gasteiger partial charge in [-0.25, -0.2) is 0 Å². The molecule has 0 spiro atoms. The van der Waals surface area contributed by atoms with Crippen LogP contribution >= 0.6 is 0 Å². The topological polar surface area (TPSA) is 52.0 Å². The van der Waals surface area contributed by atoms with Crippen molar-refractivity contribution in [2.45, 2.75) is 39.5 Å². The number of anilines is 2. The first-order valence-electron chi connectivity index (χ1n) is 7.69. The molecule has 1 atom stereocenters. The number of benzene rings is 2. The smallest absolute Gasteiger partial charge is 0.0406 e. The van der Waals surface area contributed by atoms with Crippen LogP contribution in [-0.2, 0) is 6.42 Å². The molecular weight excluding hydrogens is 256 g/mol. The predicted octanol–water partition coefficient (Wildman–Crippen LogP) is 4.59. The zero-order valence-corrected chi connectivity index (χ0v) is 13.3. The third-order valence-electron chi connectivity index (χ3n) is 3.97. The van der Waals surface area contributed by atoms with Gasteiger partial charge in [-0.15, -0.1) is 0 Å². The second-order valence-corrected chi connectivity index (χ2v) is 6.33. The number of rotatable bonds is 5. The highest BCUT2D eigenvalue weighted by molar-refractivity contribution is 5.67. The van der Waals surface area contributed by atoms with E-state index in [1.165, 1.54) is 11.1 Å². The summed E-state index contributed by atoms with van der Waals surface area (Å²) in [6.45, 7) is 6.68. The Hall–Kier alpha value is -1.96. The largest absolute Gasteiger partial charge is 0.398 e. The molecule has 0 heterocycles. The summed E-state index contributed by atoms with van der Waals surface area (Å²) in [4.78, 5) is 0. The Labute approximate surface area is 128 Å². The number of nitrogens with two attached hydrogens (primary N) is 2. The fraction of sp³-hybridized carbons (Fsp3) is 0.368. The van der Waals surface area contributed by atoms with Crippen LogP contribution in [0.1, 0.15) is 49.8 Å². The molecule has 2 aromatic carbocycles. The number of hydrogen-bond donors (Lipinski definition) is 2. The average Bonchev–Trinajstić information content (AvgIpc) is 2.42. The highest BCUT2D eigenvalue weighted by Crippen LogP contribution is 2.35. The summed E-state index contributed by atoms with van der Waals surface area (Å²) >= 11 is 0. The number of nitrogen functional groups attached to an aromatic ring is 2. The molecular formula is C19H26N2. The van der Waals surface area contributed by atoms with E-state index < -0.39 is 0 Å². The van der Waals surface area contributed by atoms with Crippen molar-refractivity contribution in [3.05, 3.63) is 59.2 Å². The monoisotopic (exact) mass is 282 g/mol. The zero-order valence-electron chi connectivity index (χ0n) is 13.3. The second kappa shape index (κ2) is 6.66. The fourth-order valence-corrected chi connectivity index (χ4v) is 3.04. The van der Waals surface area contributed by atoms with Crippen LogP contribution in [-0.4, -0.2) is 0 Å². The van der Waals surface area contributed by atoms with Gasteiger partial charge in [-0.3, -0.25) is 0 Å². The van der Waals surface area contributed by atoms with E-state index in [4.69, 9.17) is 11.5 Å². The van der Waals surface area contributed by atoms with E-state index in [-0.39, 0.29) is 0 Å². The predicted molar refractivity (Wildman–Crippen MR) is 92.4 cm³/mol. The SMILES string of the molecule is CC(C)CC(C)c1c(N)ccc(Cc2ccccc2)c1N. The van der Waals surface area contributed by atoms with Gasteiger partial charge in [0.15, 0.2) is 0 Å². The standard InChI is InChI=1S/C19H26N2/c1-13(2)11-14(3)18-17(20)10-9-16(19(18)21)12-15-7-5-4-6-8-15/h4-10,13-14H,11-12,20-21H2,1-3H3. The van der Waals surface area contributed by atoms with Crippen molar-refractivity contribution in [3.63, 3.8) is 0 Å². The molecule has 2 rings (SSSR count). The molecule has 0 aliphatic heterocycles. The van der Waals surface area contributed by atoms with E-state index in [1.807, 2.05) is 12.1 Å². The lowest BCUT2D eigenvalue weighted by molar-refractivity contribution is 0.525. The Kier molecular flexibility index (Phi) is 4.89. The molecule has 0 amide bonds. The van der Waals surface area contributed by atoms with Crippen LogP contribution < -0.4 is 11.5 Å². The van der Waals surface area contributed by atoms with Crippen molar-refractivity contribution in [2.75, 3.05) is 11.5 Å². The van der Waals surface area contributed by atoms with E-state index >= 15 is 0 Å². The van der Waals surface area contributed by atoms with Crippen LogP contribution in [0.5, 0.6) is 0 Å².